The molecule has 0 aliphatic heterocycles. The summed E-state index contributed by atoms with van der Waals surface area (Å²) in [5, 5.41) is 8.44. The first kappa shape index (κ1) is 21.1. The summed E-state index contributed by atoms with van der Waals surface area (Å²) in [6, 6.07) is 6.94. The fraction of sp³-hybridized carbons (Fsp3) is 0.286. The van der Waals surface area contributed by atoms with Gasteiger partial charge in [-0.25, -0.2) is 4.98 Å². The Kier molecular flexibility index (Phi) is 6.39. The Morgan fingerprint density at radius 3 is 2.72 bits per heavy atom. The molecule has 0 bridgehead atoms. The fourth-order valence-corrected chi connectivity index (χ4v) is 3.99. The molecule has 1 aromatic heterocycles. The number of aryl methyl sites for hydroxylation is 2. The van der Waals surface area contributed by atoms with Crippen molar-refractivity contribution in [2.75, 3.05) is 17.9 Å². The van der Waals surface area contributed by atoms with Gasteiger partial charge in [0.2, 0.25) is 5.13 Å². The maximum atomic E-state index is 12.8. The molecule has 2 N–H and O–H groups in total. The highest BCUT2D eigenvalue weighted by Crippen LogP contribution is 2.35. The van der Waals surface area contributed by atoms with Crippen LogP contribution in [-0.4, -0.2) is 23.7 Å². The monoisotopic (exact) mass is 430 g/mol. The van der Waals surface area contributed by atoms with Crippen LogP contribution in [0.5, 0.6) is 5.75 Å². The van der Waals surface area contributed by atoms with Crippen molar-refractivity contribution >= 4 is 55.6 Å². The minimum Gasteiger partial charge on any atom is -0.495 e. The SMILES string of the molecule is CC/C(C)=N/Nc1nc2cc(C)c(NC(=O)c3ccc(OC)c(Cl)c3)c(C)c2s1. The number of hydrogen-bond donors (Lipinski definition) is 2. The smallest absolute Gasteiger partial charge is 0.255 e. The minimum atomic E-state index is -0.230. The number of hydrogen-bond acceptors (Lipinski definition) is 6. The summed E-state index contributed by atoms with van der Waals surface area (Å²) < 4.78 is 6.15. The average Bonchev–Trinajstić information content (AvgIpc) is 3.11. The van der Waals surface area contributed by atoms with Gasteiger partial charge in [0.15, 0.2) is 0 Å². The van der Waals surface area contributed by atoms with Crippen molar-refractivity contribution in [3.05, 3.63) is 46.0 Å². The van der Waals surface area contributed by atoms with Gasteiger partial charge in [0.25, 0.3) is 5.91 Å². The highest BCUT2D eigenvalue weighted by atomic mass is 35.5. The van der Waals surface area contributed by atoms with Gasteiger partial charge in [-0.3, -0.25) is 10.2 Å². The molecule has 0 aliphatic rings. The number of rotatable bonds is 6. The molecule has 1 amide bonds. The highest BCUT2D eigenvalue weighted by molar-refractivity contribution is 7.22. The minimum absolute atomic E-state index is 0.230. The third kappa shape index (κ3) is 4.52. The number of nitrogens with zero attached hydrogens (tertiary/aromatic N) is 2. The van der Waals surface area contributed by atoms with Gasteiger partial charge in [0, 0.05) is 17.0 Å². The van der Waals surface area contributed by atoms with Crippen molar-refractivity contribution in [1.29, 1.82) is 0 Å². The van der Waals surface area contributed by atoms with E-state index in [9.17, 15) is 4.79 Å². The third-order valence-electron chi connectivity index (χ3n) is 4.62. The first-order valence-corrected chi connectivity index (χ1v) is 10.4. The first-order chi connectivity index (χ1) is 13.8. The van der Waals surface area contributed by atoms with Crippen molar-refractivity contribution < 1.29 is 9.53 Å². The number of anilines is 2. The van der Waals surface area contributed by atoms with Crippen LogP contribution in [0.3, 0.4) is 0 Å². The first-order valence-electron chi connectivity index (χ1n) is 9.18. The fourth-order valence-electron chi connectivity index (χ4n) is 2.84. The molecular formula is C21H23ClN4O2S. The van der Waals surface area contributed by atoms with E-state index >= 15 is 0 Å². The van der Waals surface area contributed by atoms with Crippen molar-refractivity contribution in [3.8, 4) is 5.75 Å². The lowest BCUT2D eigenvalue weighted by molar-refractivity contribution is 0.102. The predicted octanol–water partition coefficient (Wildman–Crippen LogP) is 6.03. The molecule has 0 spiro atoms. The van der Waals surface area contributed by atoms with Gasteiger partial charge in [-0.15, -0.1) is 0 Å². The second-order valence-electron chi connectivity index (χ2n) is 6.68. The quantitative estimate of drug-likeness (QED) is 0.370. The number of amides is 1. The Hall–Kier alpha value is -2.64. The van der Waals surface area contributed by atoms with E-state index < -0.39 is 0 Å². The molecule has 0 radical (unpaired) electrons. The molecule has 1 heterocycles. The van der Waals surface area contributed by atoms with E-state index in [2.05, 4.69) is 27.8 Å². The molecule has 3 rings (SSSR count). The lowest BCUT2D eigenvalue weighted by Crippen LogP contribution is -2.14. The molecule has 8 heteroatoms. The van der Waals surface area contributed by atoms with Crippen LogP contribution in [0.2, 0.25) is 5.02 Å². The number of ether oxygens (including phenoxy) is 1. The number of carbonyl (C=O) groups is 1. The van der Waals surface area contributed by atoms with E-state index in [4.69, 9.17) is 16.3 Å². The average molecular weight is 431 g/mol. The maximum absolute atomic E-state index is 12.8. The number of aromatic nitrogens is 1. The van der Waals surface area contributed by atoms with E-state index in [0.717, 1.165) is 44.3 Å². The Bertz CT molecular complexity index is 1110. The molecule has 0 atom stereocenters. The molecule has 0 saturated carbocycles. The largest absolute Gasteiger partial charge is 0.495 e. The molecule has 0 saturated heterocycles. The number of thiazole rings is 1. The van der Waals surface area contributed by atoms with E-state index in [-0.39, 0.29) is 5.91 Å². The van der Waals surface area contributed by atoms with E-state index in [0.29, 0.717) is 16.3 Å². The van der Waals surface area contributed by atoms with Crippen molar-refractivity contribution in [2.45, 2.75) is 34.1 Å². The molecule has 6 nitrogen and oxygen atoms in total. The van der Waals surface area contributed by atoms with Crippen LogP contribution < -0.4 is 15.5 Å². The zero-order chi connectivity index (χ0) is 21.1. The maximum Gasteiger partial charge on any atom is 0.255 e. The molecule has 3 aromatic rings. The predicted molar refractivity (Wildman–Crippen MR) is 122 cm³/mol. The topological polar surface area (TPSA) is 75.6 Å². The van der Waals surface area contributed by atoms with Gasteiger partial charge in [-0.1, -0.05) is 29.9 Å². The molecule has 0 fully saturated rings. The normalized spacial score (nSPS) is 11.6. The van der Waals surface area contributed by atoms with Gasteiger partial charge in [-0.2, -0.15) is 5.10 Å². The van der Waals surface area contributed by atoms with Crippen LogP contribution in [0.1, 0.15) is 41.8 Å². The summed E-state index contributed by atoms with van der Waals surface area (Å²) in [6.45, 7) is 7.95. The number of hydrazone groups is 1. The van der Waals surface area contributed by atoms with E-state index in [1.807, 2.05) is 26.8 Å². The number of carbonyl (C=O) groups excluding carboxylic acids is 1. The summed E-state index contributed by atoms with van der Waals surface area (Å²) in [5.41, 5.74) is 8.04. The van der Waals surface area contributed by atoms with Crippen LogP contribution in [0, 0.1) is 13.8 Å². The summed E-state index contributed by atoms with van der Waals surface area (Å²) in [4.78, 5) is 17.4. The number of benzene rings is 2. The number of nitrogens with one attached hydrogen (secondary N) is 2. The van der Waals surface area contributed by atoms with Gasteiger partial charge >= 0.3 is 0 Å². The van der Waals surface area contributed by atoms with Crippen LogP contribution in [0.25, 0.3) is 10.2 Å². The lowest BCUT2D eigenvalue weighted by Gasteiger charge is -2.13. The van der Waals surface area contributed by atoms with Gasteiger partial charge in [-0.05, 0) is 62.6 Å². The summed E-state index contributed by atoms with van der Waals surface area (Å²) >= 11 is 7.66. The van der Waals surface area contributed by atoms with Crippen LogP contribution in [-0.2, 0) is 0 Å². The lowest BCUT2D eigenvalue weighted by atomic mass is 10.1. The van der Waals surface area contributed by atoms with Crippen molar-refractivity contribution in [1.82, 2.24) is 4.98 Å². The second-order valence-corrected chi connectivity index (χ2v) is 8.08. The summed E-state index contributed by atoms with van der Waals surface area (Å²) in [5.74, 6) is 0.300. The van der Waals surface area contributed by atoms with Gasteiger partial charge < -0.3 is 10.1 Å². The summed E-state index contributed by atoms with van der Waals surface area (Å²) in [6.07, 6.45) is 0.877. The Balaban J connectivity index is 1.91. The Morgan fingerprint density at radius 1 is 1.31 bits per heavy atom. The van der Waals surface area contributed by atoms with Gasteiger partial charge in [0.1, 0.15) is 5.75 Å². The summed E-state index contributed by atoms with van der Waals surface area (Å²) in [7, 11) is 1.54. The zero-order valence-electron chi connectivity index (χ0n) is 17.0. The van der Waals surface area contributed by atoms with Crippen LogP contribution >= 0.6 is 22.9 Å². The molecule has 0 aliphatic carbocycles. The number of methoxy groups -OCH3 is 1. The Labute approximate surface area is 178 Å². The molecule has 0 unspecified atom stereocenters. The molecule has 29 heavy (non-hydrogen) atoms. The van der Waals surface area contributed by atoms with Crippen molar-refractivity contribution in [2.24, 2.45) is 5.10 Å². The zero-order valence-corrected chi connectivity index (χ0v) is 18.6. The standard InChI is InChI=1S/C21H23ClN4O2S/c1-6-12(3)25-26-21-23-16-9-11(2)18(13(4)19(16)29-21)24-20(27)14-7-8-17(28-5)15(22)10-14/h7-10H,6H2,1-5H3,(H,23,26)(H,24,27)/b25-12+. The van der Waals surface area contributed by atoms with E-state index in [1.54, 1.807) is 18.2 Å². The second kappa shape index (κ2) is 8.80. The number of fused-ring (bicyclic) bond motifs is 1. The van der Waals surface area contributed by atoms with E-state index in [1.165, 1.54) is 18.4 Å². The van der Waals surface area contributed by atoms with Crippen LogP contribution in [0.15, 0.2) is 29.4 Å². The van der Waals surface area contributed by atoms with Crippen LogP contribution in [0.4, 0.5) is 10.8 Å². The molecule has 2 aromatic carbocycles. The molecular weight excluding hydrogens is 408 g/mol. The van der Waals surface area contributed by atoms with Gasteiger partial charge in [0.05, 0.1) is 22.3 Å². The highest BCUT2D eigenvalue weighted by Gasteiger charge is 2.16. The van der Waals surface area contributed by atoms with Crippen molar-refractivity contribution in [3.63, 3.8) is 0 Å². The third-order valence-corrected chi connectivity index (χ3v) is 6.01. The number of halogens is 1. The Morgan fingerprint density at radius 2 is 2.07 bits per heavy atom. The molecule has 152 valence electrons.